The molecule has 2 aromatic rings. The van der Waals surface area contributed by atoms with Gasteiger partial charge in [-0.05, 0) is 12.1 Å². The van der Waals surface area contributed by atoms with Crippen LogP contribution < -0.4 is 4.74 Å². The summed E-state index contributed by atoms with van der Waals surface area (Å²) in [6.07, 6.45) is 0. The molecule has 2 aromatic carbocycles. The van der Waals surface area contributed by atoms with Crippen LogP contribution >= 0.6 is 50.7 Å². The van der Waals surface area contributed by atoms with Crippen LogP contribution in [0, 0.1) is 10.1 Å². The van der Waals surface area contributed by atoms with E-state index in [1.807, 2.05) is 0 Å². The molecule has 110 valence electrons. The number of nitrogens with zero attached hydrogens (tertiary/aromatic N) is 1. The van der Waals surface area contributed by atoms with E-state index < -0.39 is 4.92 Å². The van der Waals surface area contributed by atoms with Crippen molar-refractivity contribution in [2.24, 2.45) is 0 Å². The van der Waals surface area contributed by atoms with E-state index in [2.05, 4.69) is 15.9 Å². The lowest BCUT2D eigenvalue weighted by Gasteiger charge is -2.11. The molecule has 0 N–H and O–H groups in total. The van der Waals surface area contributed by atoms with Crippen molar-refractivity contribution in [3.63, 3.8) is 0 Å². The molecule has 0 unspecified atom stereocenters. The molecule has 0 saturated heterocycles. The van der Waals surface area contributed by atoms with Crippen LogP contribution in [-0.4, -0.2) is 4.92 Å². The summed E-state index contributed by atoms with van der Waals surface area (Å²) in [7, 11) is 0. The summed E-state index contributed by atoms with van der Waals surface area (Å²) in [5.74, 6) is 0.403. The van der Waals surface area contributed by atoms with E-state index in [0.29, 0.717) is 21.7 Å². The first-order valence-electron chi connectivity index (χ1n) is 5.58. The van der Waals surface area contributed by atoms with Crippen LogP contribution in [0.3, 0.4) is 0 Å². The summed E-state index contributed by atoms with van der Waals surface area (Å²) in [6.45, 7) is 0. The molecule has 2 rings (SSSR count). The molecule has 0 bridgehead atoms. The van der Waals surface area contributed by atoms with Crippen molar-refractivity contribution in [2.75, 3.05) is 0 Å². The number of hydrogen-bond acceptors (Lipinski definition) is 3. The van der Waals surface area contributed by atoms with Gasteiger partial charge in [-0.3, -0.25) is 10.1 Å². The van der Waals surface area contributed by atoms with Crippen LogP contribution in [0.5, 0.6) is 11.5 Å². The molecule has 0 saturated carbocycles. The van der Waals surface area contributed by atoms with Gasteiger partial charge in [0.15, 0.2) is 0 Å². The summed E-state index contributed by atoms with van der Waals surface area (Å²) in [4.78, 5) is 10.5. The Labute approximate surface area is 143 Å². The Morgan fingerprint density at radius 1 is 1.10 bits per heavy atom. The second-order valence-electron chi connectivity index (χ2n) is 3.94. The van der Waals surface area contributed by atoms with E-state index in [0.717, 1.165) is 6.07 Å². The first kappa shape index (κ1) is 16.4. The van der Waals surface area contributed by atoms with Gasteiger partial charge in [0.25, 0.3) is 0 Å². The predicted octanol–water partition coefficient (Wildman–Crippen LogP) is 6.24. The highest BCUT2D eigenvalue weighted by Gasteiger charge is 2.20. The smallest absolute Gasteiger partial charge is 0.313 e. The highest BCUT2D eigenvalue weighted by molar-refractivity contribution is 9.08. The van der Waals surface area contributed by atoms with E-state index in [4.69, 9.17) is 39.5 Å². The van der Waals surface area contributed by atoms with Gasteiger partial charge < -0.3 is 4.74 Å². The monoisotopic (exact) mass is 409 g/mol. The number of hydrogen-bond donors (Lipinski definition) is 0. The average molecular weight is 411 g/mol. The van der Waals surface area contributed by atoms with E-state index >= 15 is 0 Å². The van der Waals surface area contributed by atoms with Gasteiger partial charge in [-0.1, -0.05) is 56.8 Å². The maximum Gasteiger partial charge on any atom is 0.313 e. The van der Waals surface area contributed by atoms with Gasteiger partial charge >= 0.3 is 5.69 Å². The number of alkyl halides is 1. The molecule has 0 aliphatic heterocycles. The lowest BCUT2D eigenvalue weighted by molar-refractivity contribution is -0.385. The first-order valence-corrected chi connectivity index (χ1v) is 7.84. The lowest BCUT2D eigenvalue weighted by atomic mass is 10.2. The van der Waals surface area contributed by atoms with Crippen LogP contribution in [0.2, 0.25) is 15.1 Å². The van der Waals surface area contributed by atoms with Crippen molar-refractivity contribution in [3.8, 4) is 11.5 Å². The number of ether oxygens (including phenoxy) is 1. The fraction of sp³-hybridized carbons (Fsp3) is 0.0769. The summed E-state index contributed by atoms with van der Waals surface area (Å²) < 4.78 is 5.61. The topological polar surface area (TPSA) is 52.4 Å². The predicted molar refractivity (Wildman–Crippen MR) is 87.3 cm³/mol. The van der Waals surface area contributed by atoms with Crippen LogP contribution in [0.1, 0.15) is 5.56 Å². The normalized spacial score (nSPS) is 10.5. The minimum absolute atomic E-state index is 0.00105. The highest BCUT2D eigenvalue weighted by Crippen LogP contribution is 2.40. The Hall–Kier alpha value is -1.01. The molecule has 0 fully saturated rings. The fourth-order valence-corrected chi connectivity index (χ4v) is 2.91. The largest absolute Gasteiger partial charge is 0.450 e. The van der Waals surface area contributed by atoms with Gasteiger partial charge in [0, 0.05) is 28.0 Å². The van der Waals surface area contributed by atoms with E-state index in [1.54, 1.807) is 18.2 Å². The van der Waals surface area contributed by atoms with Crippen molar-refractivity contribution < 1.29 is 9.66 Å². The molecule has 8 heteroatoms. The molecule has 0 atom stereocenters. The number of rotatable bonds is 4. The SMILES string of the molecule is O=[N+]([O-])c1cc(Cl)c(Cl)cc1Oc1cccc(Cl)c1CBr. The maximum absolute atomic E-state index is 11.1. The zero-order valence-corrected chi connectivity index (χ0v) is 14.1. The van der Waals surface area contributed by atoms with Crippen molar-refractivity contribution >= 4 is 56.4 Å². The Balaban J connectivity index is 2.51. The zero-order valence-electron chi connectivity index (χ0n) is 10.3. The van der Waals surface area contributed by atoms with Crippen LogP contribution in [0.15, 0.2) is 30.3 Å². The summed E-state index contributed by atoms with van der Waals surface area (Å²) in [5, 5.41) is 12.3. The Morgan fingerprint density at radius 3 is 2.38 bits per heavy atom. The molecule has 21 heavy (non-hydrogen) atoms. The quantitative estimate of drug-likeness (QED) is 0.340. The van der Waals surface area contributed by atoms with E-state index in [1.165, 1.54) is 6.07 Å². The number of benzene rings is 2. The summed E-state index contributed by atoms with van der Waals surface area (Å²) in [6, 6.07) is 7.51. The van der Waals surface area contributed by atoms with Gasteiger partial charge in [-0.15, -0.1) is 0 Å². The first-order chi connectivity index (χ1) is 9.93. The van der Waals surface area contributed by atoms with Gasteiger partial charge in [-0.2, -0.15) is 0 Å². The van der Waals surface area contributed by atoms with Crippen molar-refractivity contribution in [3.05, 3.63) is 61.1 Å². The second-order valence-corrected chi connectivity index (χ2v) is 5.73. The Morgan fingerprint density at radius 2 is 1.76 bits per heavy atom. The van der Waals surface area contributed by atoms with Crippen LogP contribution in [-0.2, 0) is 5.33 Å². The highest BCUT2D eigenvalue weighted by atomic mass is 79.9. The number of nitro benzene ring substituents is 1. The second kappa shape index (κ2) is 6.83. The molecule has 0 heterocycles. The fourth-order valence-electron chi connectivity index (χ4n) is 1.63. The van der Waals surface area contributed by atoms with Gasteiger partial charge in [0.1, 0.15) is 5.75 Å². The molecule has 0 aromatic heterocycles. The number of halogens is 4. The van der Waals surface area contributed by atoms with E-state index in [-0.39, 0.29) is 21.5 Å². The van der Waals surface area contributed by atoms with Gasteiger partial charge in [0.2, 0.25) is 5.75 Å². The molecular weight excluding hydrogens is 404 g/mol. The third-order valence-electron chi connectivity index (χ3n) is 2.63. The molecule has 4 nitrogen and oxygen atoms in total. The molecule has 0 radical (unpaired) electrons. The minimum Gasteiger partial charge on any atom is -0.450 e. The number of nitro groups is 1. The van der Waals surface area contributed by atoms with E-state index in [9.17, 15) is 10.1 Å². The van der Waals surface area contributed by atoms with Crippen molar-refractivity contribution in [1.29, 1.82) is 0 Å². The Kier molecular flexibility index (Phi) is 5.32. The lowest BCUT2D eigenvalue weighted by Crippen LogP contribution is -1.96. The third-order valence-corrected chi connectivity index (χ3v) is 4.26. The van der Waals surface area contributed by atoms with Crippen molar-refractivity contribution in [1.82, 2.24) is 0 Å². The zero-order chi connectivity index (χ0) is 15.6. The van der Waals surface area contributed by atoms with Gasteiger partial charge in [0.05, 0.1) is 15.0 Å². The molecule has 0 spiro atoms. The Bertz CT molecular complexity index is 709. The summed E-state index contributed by atoms with van der Waals surface area (Å²) in [5.41, 5.74) is 0.407. The molecule has 0 aliphatic rings. The summed E-state index contributed by atoms with van der Waals surface area (Å²) >= 11 is 21.1. The van der Waals surface area contributed by atoms with Crippen LogP contribution in [0.4, 0.5) is 5.69 Å². The standard InChI is InChI=1S/C13H7BrCl3NO3/c14-6-7-8(15)2-1-3-12(7)21-13-5-10(17)9(16)4-11(13)18(19)20/h1-5H,6H2. The third kappa shape index (κ3) is 3.61. The van der Waals surface area contributed by atoms with Crippen molar-refractivity contribution in [2.45, 2.75) is 5.33 Å². The minimum atomic E-state index is -0.587. The van der Waals surface area contributed by atoms with Crippen LogP contribution in [0.25, 0.3) is 0 Å². The maximum atomic E-state index is 11.1. The van der Waals surface area contributed by atoms with Gasteiger partial charge in [-0.25, -0.2) is 0 Å². The molecular formula is C13H7BrCl3NO3. The molecule has 0 amide bonds. The molecule has 0 aliphatic carbocycles. The average Bonchev–Trinajstić information content (AvgIpc) is 2.42.